The molecule has 0 radical (unpaired) electrons. The third kappa shape index (κ3) is 3.48. The van der Waals surface area contributed by atoms with Gasteiger partial charge in [-0.05, 0) is 24.1 Å². The van der Waals surface area contributed by atoms with Gasteiger partial charge in [-0.15, -0.1) is 0 Å². The van der Waals surface area contributed by atoms with Crippen LogP contribution in [0.1, 0.15) is 5.56 Å². The second-order valence-electron chi connectivity index (χ2n) is 3.07. The maximum atomic E-state index is 11.1. The molecule has 0 bridgehead atoms. The molecule has 15 heavy (non-hydrogen) atoms. The van der Waals surface area contributed by atoms with Crippen LogP contribution in [0.25, 0.3) is 0 Å². The number of rotatable bonds is 3. The number of carbonyl (C=O) groups is 1. The summed E-state index contributed by atoms with van der Waals surface area (Å²) in [6.07, 6.45) is 0.421. The number of halogens is 2. The molecule has 0 saturated heterocycles. The Morgan fingerprint density at radius 3 is 2.87 bits per heavy atom. The van der Waals surface area contributed by atoms with Crippen molar-refractivity contribution in [2.24, 2.45) is 5.73 Å². The van der Waals surface area contributed by atoms with Crippen molar-refractivity contribution in [3.8, 4) is 0 Å². The molecule has 0 aromatic heterocycles. The summed E-state index contributed by atoms with van der Waals surface area (Å²) in [7, 11) is 1.32. The molecule has 82 valence electrons. The van der Waals surface area contributed by atoms with E-state index >= 15 is 0 Å². The Balaban J connectivity index is 2.76. The fourth-order valence-corrected chi connectivity index (χ4v) is 2.00. The zero-order chi connectivity index (χ0) is 11.4. The Kier molecular flexibility index (Phi) is 4.57. The van der Waals surface area contributed by atoms with Gasteiger partial charge in [0.15, 0.2) is 0 Å². The molecule has 0 saturated carbocycles. The van der Waals surface area contributed by atoms with Crippen LogP contribution in [0.3, 0.4) is 0 Å². The molecule has 1 aromatic rings. The van der Waals surface area contributed by atoms with Crippen LogP contribution < -0.4 is 5.73 Å². The van der Waals surface area contributed by atoms with Gasteiger partial charge in [0, 0.05) is 9.50 Å². The molecule has 1 unspecified atom stereocenters. The van der Waals surface area contributed by atoms with Crippen molar-refractivity contribution >= 4 is 33.5 Å². The zero-order valence-electron chi connectivity index (χ0n) is 8.17. The van der Waals surface area contributed by atoms with Crippen molar-refractivity contribution in [3.63, 3.8) is 0 Å². The summed E-state index contributed by atoms with van der Waals surface area (Å²) in [5.41, 5.74) is 6.57. The van der Waals surface area contributed by atoms with E-state index in [1.165, 1.54) is 7.11 Å². The van der Waals surface area contributed by atoms with Gasteiger partial charge in [0.2, 0.25) is 0 Å². The molecule has 0 heterocycles. The van der Waals surface area contributed by atoms with Crippen LogP contribution in [-0.2, 0) is 16.0 Å². The van der Waals surface area contributed by atoms with E-state index in [2.05, 4.69) is 20.7 Å². The minimum Gasteiger partial charge on any atom is -0.468 e. The first-order valence-electron chi connectivity index (χ1n) is 4.32. The van der Waals surface area contributed by atoms with Crippen molar-refractivity contribution in [1.82, 2.24) is 0 Å². The Morgan fingerprint density at radius 1 is 1.67 bits per heavy atom. The minimum atomic E-state index is -0.646. The lowest BCUT2D eigenvalue weighted by Crippen LogP contribution is -2.33. The average Bonchev–Trinajstić information content (AvgIpc) is 2.20. The van der Waals surface area contributed by atoms with Crippen LogP contribution in [0.15, 0.2) is 22.7 Å². The van der Waals surface area contributed by atoms with Gasteiger partial charge in [-0.3, -0.25) is 4.79 Å². The number of hydrogen-bond acceptors (Lipinski definition) is 3. The molecule has 0 spiro atoms. The van der Waals surface area contributed by atoms with Crippen LogP contribution in [0.2, 0.25) is 5.02 Å². The molecule has 2 N–H and O–H groups in total. The Hall–Kier alpha value is -0.580. The van der Waals surface area contributed by atoms with E-state index in [-0.39, 0.29) is 0 Å². The van der Waals surface area contributed by atoms with Crippen molar-refractivity contribution < 1.29 is 9.53 Å². The van der Waals surface area contributed by atoms with Gasteiger partial charge in [-0.2, -0.15) is 0 Å². The first-order chi connectivity index (χ1) is 7.04. The molecule has 0 aliphatic rings. The summed E-state index contributed by atoms with van der Waals surface area (Å²) in [5, 5.41) is 0.636. The van der Waals surface area contributed by atoms with Crippen LogP contribution in [-0.4, -0.2) is 19.1 Å². The molecule has 0 fully saturated rings. The molecule has 5 heteroatoms. The molecular weight excluding hydrogens is 281 g/mol. The van der Waals surface area contributed by atoms with Gasteiger partial charge in [-0.25, -0.2) is 0 Å². The first-order valence-corrected chi connectivity index (χ1v) is 5.49. The SMILES string of the molecule is COC(=O)C(N)Cc1ccc(Cl)cc1Br. The third-order valence-corrected chi connectivity index (χ3v) is 2.93. The summed E-state index contributed by atoms with van der Waals surface area (Å²) in [6, 6.07) is 4.70. The van der Waals surface area contributed by atoms with E-state index in [9.17, 15) is 4.79 Å². The maximum absolute atomic E-state index is 11.1. The third-order valence-electron chi connectivity index (χ3n) is 1.96. The predicted octanol–water partition coefficient (Wildman–Crippen LogP) is 2.15. The van der Waals surface area contributed by atoms with Gasteiger partial charge in [-0.1, -0.05) is 33.6 Å². The largest absolute Gasteiger partial charge is 0.468 e. The van der Waals surface area contributed by atoms with E-state index in [4.69, 9.17) is 17.3 Å². The smallest absolute Gasteiger partial charge is 0.322 e. The second kappa shape index (κ2) is 5.49. The topological polar surface area (TPSA) is 52.3 Å². The standard InChI is InChI=1S/C10H11BrClNO2/c1-15-10(14)9(13)4-6-2-3-7(12)5-8(6)11/h2-3,5,9H,4,13H2,1H3. The first kappa shape index (κ1) is 12.5. The zero-order valence-corrected chi connectivity index (χ0v) is 10.5. The lowest BCUT2D eigenvalue weighted by Gasteiger charge is -2.10. The van der Waals surface area contributed by atoms with Crippen LogP contribution in [0.5, 0.6) is 0 Å². The molecule has 0 amide bonds. The number of benzene rings is 1. The number of carbonyl (C=O) groups excluding carboxylic acids is 1. The van der Waals surface area contributed by atoms with E-state index < -0.39 is 12.0 Å². The summed E-state index contributed by atoms with van der Waals surface area (Å²) in [4.78, 5) is 11.1. The second-order valence-corrected chi connectivity index (χ2v) is 4.36. The van der Waals surface area contributed by atoms with E-state index in [1.54, 1.807) is 12.1 Å². The van der Waals surface area contributed by atoms with Gasteiger partial charge >= 0.3 is 5.97 Å². The molecule has 1 atom stereocenters. The normalized spacial score (nSPS) is 12.3. The van der Waals surface area contributed by atoms with Crippen molar-refractivity contribution in [2.75, 3.05) is 7.11 Å². The van der Waals surface area contributed by atoms with Gasteiger partial charge in [0.1, 0.15) is 6.04 Å². The molecule has 0 aliphatic heterocycles. The highest BCUT2D eigenvalue weighted by Crippen LogP contribution is 2.22. The highest BCUT2D eigenvalue weighted by Gasteiger charge is 2.15. The molecule has 1 rings (SSSR count). The summed E-state index contributed by atoms with van der Waals surface area (Å²) in [6.45, 7) is 0. The summed E-state index contributed by atoms with van der Waals surface area (Å²) in [5.74, 6) is -0.420. The summed E-state index contributed by atoms with van der Waals surface area (Å²) < 4.78 is 5.38. The van der Waals surface area contributed by atoms with Crippen molar-refractivity contribution in [2.45, 2.75) is 12.5 Å². The van der Waals surface area contributed by atoms with Crippen LogP contribution >= 0.6 is 27.5 Å². The number of methoxy groups -OCH3 is 1. The number of nitrogens with two attached hydrogens (primary N) is 1. The average molecular weight is 293 g/mol. The van der Waals surface area contributed by atoms with Crippen LogP contribution in [0.4, 0.5) is 0 Å². The molecule has 1 aromatic carbocycles. The molecule has 0 aliphatic carbocycles. The fourth-order valence-electron chi connectivity index (χ4n) is 1.16. The highest BCUT2D eigenvalue weighted by molar-refractivity contribution is 9.10. The minimum absolute atomic E-state index is 0.420. The maximum Gasteiger partial charge on any atom is 0.322 e. The number of hydrogen-bond donors (Lipinski definition) is 1. The Labute approximate surface area is 102 Å². The Bertz CT molecular complexity index is 370. The molecular formula is C10H11BrClNO2. The van der Waals surface area contributed by atoms with Gasteiger partial charge < -0.3 is 10.5 Å². The summed E-state index contributed by atoms with van der Waals surface area (Å²) >= 11 is 9.14. The number of ether oxygens (including phenoxy) is 1. The highest BCUT2D eigenvalue weighted by atomic mass is 79.9. The van der Waals surface area contributed by atoms with E-state index in [1.807, 2.05) is 6.07 Å². The lowest BCUT2D eigenvalue weighted by molar-refractivity contribution is -0.142. The monoisotopic (exact) mass is 291 g/mol. The molecule has 3 nitrogen and oxygen atoms in total. The fraction of sp³-hybridized carbons (Fsp3) is 0.300. The van der Waals surface area contributed by atoms with Gasteiger partial charge in [0.05, 0.1) is 7.11 Å². The van der Waals surface area contributed by atoms with Crippen LogP contribution in [0, 0.1) is 0 Å². The number of esters is 1. The Morgan fingerprint density at radius 2 is 2.33 bits per heavy atom. The van der Waals surface area contributed by atoms with Crippen molar-refractivity contribution in [1.29, 1.82) is 0 Å². The predicted molar refractivity (Wildman–Crippen MR) is 62.8 cm³/mol. The van der Waals surface area contributed by atoms with Crippen molar-refractivity contribution in [3.05, 3.63) is 33.3 Å². The van der Waals surface area contributed by atoms with E-state index in [0.717, 1.165) is 10.0 Å². The van der Waals surface area contributed by atoms with E-state index in [0.29, 0.717) is 11.4 Å². The van der Waals surface area contributed by atoms with Gasteiger partial charge in [0.25, 0.3) is 0 Å². The lowest BCUT2D eigenvalue weighted by atomic mass is 10.1. The quantitative estimate of drug-likeness (QED) is 0.869.